The Morgan fingerprint density at radius 1 is 1.31 bits per heavy atom. The third kappa shape index (κ3) is 3.26. The lowest BCUT2D eigenvalue weighted by atomic mass is 10.1. The monoisotopic (exact) mass is 390 g/mol. The molecule has 8 nitrogen and oxygen atoms in total. The zero-order valence-corrected chi connectivity index (χ0v) is 16.3. The lowest BCUT2D eigenvalue weighted by molar-refractivity contribution is -0.113. The number of ether oxygens (including phenoxy) is 1. The smallest absolute Gasteiger partial charge is 0.275 e. The molecule has 2 aromatic heterocycles. The van der Waals surface area contributed by atoms with Gasteiger partial charge in [0, 0.05) is 49.2 Å². The summed E-state index contributed by atoms with van der Waals surface area (Å²) in [5.41, 5.74) is 4.91. The first kappa shape index (κ1) is 17.5. The van der Waals surface area contributed by atoms with E-state index in [1.165, 1.54) is 6.26 Å². The van der Waals surface area contributed by atoms with Gasteiger partial charge in [-0.2, -0.15) is 5.10 Å². The number of nitrogens with zero attached hydrogens (tertiary/aromatic N) is 4. The standard InChI is InChI=1S/C21H22N6O2/c1-13-8-14(4-5-22-13)21-24-18(12-29-21)20(28)23-17-9-15-11-26(2)25-16(15)10-19(17)27-6-3-7-27/h4-5,8-12,21,24H,3,6-7H2,1-2H3,(H,23,28). The Hall–Kier alpha value is -3.55. The molecule has 8 heteroatoms. The van der Waals surface area contributed by atoms with Gasteiger partial charge in [0.05, 0.1) is 16.9 Å². The summed E-state index contributed by atoms with van der Waals surface area (Å²) in [7, 11) is 1.90. The molecule has 2 N–H and O–H groups in total. The van der Waals surface area contributed by atoms with Gasteiger partial charge in [0.2, 0.25) is 0 Å². The van der Waals surface area contributed by atoms with Crippen molar-refractivity contribution in [2.75, 3.05) is 23.3 Å². The highest BCUT2D eigenvalue weighted by atomic mass is 16.5. The summed E-state index contributed by atoms with van der Waals surface area (Å²) in [6.07, 6.45) is 5.91. The molecule has 1 atom stereocenters. The topological polar surface area (TPSA) is 84.3 Å². The molecule has 2 aliphatic heterocycles. The summed E-state index contributed by atoms with van der Waals surface area (Å²) >= 11 is 0. The van der Waals surface area contributed by atoms with E-state index in [0.29, 0.717) is 5.70 Å². The van der Waals surface area contributed by atoms with E-state index in [9.17, 15) is 4.79 Å². The molecule has 3 aromatic rings. The van der Waals surface area contributed by atoms with Gasteiger partial charge in [-0.3, -0.25) is 14.5 Å². The van der Waals surface area contributed by atoms with Gasteiger partial charge in [0.15, 0.2) is 6.23 Å². The van der Waals surface area contributed by atoms with Gasteiger partial charge >= 0.3 is 0 Å². The summed E-state index contributed by atoms with van der Waals surface area (Å²) in [5.74, 6) is -0.233. The highest BCUT2D eigenvalue weighted by Gasteiger charge is 2.26. The number of carbonyl (C=O) groups is 1. The van der Waals surface area contributed by atoms with Crippen LogP contribution in [0.15, 0.2) is 48.6 Å². The Bertz CT molecular complexity index is 1130. The molecule has 0 saturated carbocycles. The fraction of sp³-hybridized carbons (Fsp3) is 0.286. The first-order chi connectivity index (χ1) is 14.1. The minimum Gasteiger partial charge on any atom is -0.472 e. The lowest BCUT2D eigenvalue weighted by Crippen LogP contribution is -2.37. The van der Waals surface area contributed by atoms with Gasteiger partial charge in [0.1, 0.15) is 12.0 Å². The van der Waals surface area contributed by atoms with Crippen LogP contribution in [0, 0.1) is 6.92 Å². The first-order valence-electron chi connectivity index (χ1n) is 9.65. The number of carbonyl (C=O) groups excluding carboxylic acids is 1. The summed E-state index contributed by atoms with van der Waals surface area (Å²) < 4.78 is 7.45. The van der Waals surface area contributed by atoms with Gasteiger partial charge in [0.25, 0.3) is 5.91 Å². The Morgan fingerprint density at radius 3 is 2.93 bits per heavy atom. The van der Waals surface area contributed by atoms with Crippen molar-refractivity contribution in [3.8, 4) is 0 Å². The first-order valence-corrected chi connectivity index (χ1v) is 9.65. The number of aromatic nitrogens is 3. The van der Waals surface area contributed by atoms with Crippen molar-refractivity contribution >= 4 is 28.2 Å². The Morgan fingerprint density at radius 2 is 2.17 bits per heavy atom. The van der Waals surface area contributed by atoms with Crippen molar-refractivity contribution in [3.05, 3.63) is 59.9 Å². The second kappa shape index (κ2) is 6.80. The SMILES string of the molecule is Cc1cc(C2NC(C(=O)Nc3cc4cn(C)nc4cc3N3CCC3)=CO2)ccn1. The zero-order chi connectivity index (χ0) is 20.0. The average Bonchev–Trinajstić information content (AvgIpc) is 3.26. The highest BCUT2D eigenvalue weighted by Crippen LogP contribution is 2.34. The maximum absolute atomic E-state index is 12.9. The van der Waals surface area contributed by atoms with Crippen LogP contribution in [0.25, 0.3) is 10.9 Å². The normalized spacial score (nSPS) is 18.1. The van der Waals surface area contributed by atoms with Crippen molar-refractivity contribution in [1.82, 2.24) is 20.1 Å². The fourth-order valence-electron chi connectivity index (χ4n) is 3.65. The van der Waals surface area contributed by atoms with E-state index in [-0.39, 0.29) is 5.91 Å². The molecule has 4 heterocycles. The number of nitrogens with one attached hydrogen (secondary N) is 2. The highest BCUT2D eigenvalue weighted by molar-refractivity contribution is 6.07. The molecule has 148 valence electrons. The predicted octanol–water partition coefficient (Wildman–Crippen LogP) is 2.59. The van der Waals surface area contributed by atoms with Gasteiger partial charge in [-0.1, -0.05) is 0 Å². The van der Waals surface area contributed by atoms with Crippen LogP contribution in [-0.2, 0) is 16.6 Å². The van der Waals surface area contributed by atoms with Crippen molar-refractivity contribution in [2.45, 2.75) is 19.6 Å². The number of fused-ring (bicyclic) bond motifs is 1. The van der Waals surface area contributed by atoms with E-state index in [1.54, 1.807) is 10.9 Å². The summed E-state index contributed by atoms with van der Waals surface area (Å²) in [4.78, 5) is 19.4. The maximum atomic E-state index is 12.9. The molecule has 2 aliphatic rings. The zero-order valence-electron chi connectivity index (χ0n) is 16.3. The third-order valence-electron chi connectivity index (χ3n) is 5.26. The largest absolute Gasteiger partial charge is 0.472 e. The van der Waals surface area contributed by atoms with E-state index in [4.69, 9.17) is 4.74 Å². The predicted molar refractivity (Wildman–Crippen MR) is 110 cm³/mol. The summed E-state index contributed by atoms with van der Waals surface area (Å²) in [6, 6.07) is 7.83. The number of anilines is 2. The number of benzene rings is 1. The van der Waals surface area contributed by atoms with Gasteiger partial charge < -0.3 is 20.3 Å². The average molecular weight is 390 g/mol. The molecular formula is C21H22N6O2. The fourth-order valence-corrected chi connectivity index (χ4v) is 3.65. The number of hydrogen-bond donors (Lipinski definition) is 2. The molecular weight excluding hydrogens is 368 g/mol. The minimum absolute atomic E-state index is 0.233. The maximum Gasteiger partial charge on any atom is 0.275 e. The Labute approximate surface area is 168 Å². The van der Waals surface area contributed by atoms with E-state index >= 15 is 0 Å². The Kier molecular flexibility index (Phi) is 4.12. The van der Waals surface area contributed by atoms with Crippen LogP contribution in [0.3, 0.4) is 0 Å². The molecule has 1 saturated heterocycles. The van der Waals surface area contributed by atoms with E-state index < -0.39 is 6.23 Å². The Balaban J connectivity index is 1.37. The van der Waals surface area contributed by atoms with E-state index in [2.05, 4.69) is 25.6 Å². The van der Waals surface area contributed by atoms with Crippen LogP contribution >= 0.6 is 0 Å². The molecule has 0 aliphatic carbocycles. The van der Waals surface area contributed by atoms with Crippen LogP contribution in [0.1, 0.15) is 23.9 Å². The second-order valence-corrected chi connectivity index (χ2v) is 7.45. The van der Waals surface area contributed by atoms with E-state index in [0.717, 1.165) is 53.0 Å². The molecule has 1 aromatic carbocycles. The van der Waals surface area contributed by atoms with E-state index in [1.807, 2.05) is 44.4 Å². The van der Waals surface area contributed by atoms with Crippen molar-refractivity contribution in [1.29, 1.82) is 0 Å². The second-order valence-electron chi connectivity index (χ2n) is 7.45. The molecule has 1 unspecified atom stereocenters. The van der Waals surface area contributed by atoms with Crippen molar-refractivity contribution in [2.24, 2.45) is 7.05 Å². The quantitative estimate of drug-likeness (QED) is 0.712. The number of amides is 1. The molecule has 29 heavy (non-hydrogen) atoms. The molecule has 5 rings (SSSR count). The molecule has 1 fully saturated rings. The summed E-state index contributed by atoms with van der Waals surface area (Å²) in [6.45, 7) is 3.88. The number of aryl methyl sites for hydroxylation is 2. The summed E-state index contributed by atoms with van der Waals surface area (Å²) in [5, 5.41) is 11.7. The van der Waals surface area contributed by atoms with Gasteiger partial charge in [-0.15, -0.1) is 0 Å². The molecule has 0 spiro atoms. The number of rotatable bonds is 4. The third-order valence-corrected chi connectivity index (χ3v) is 5.26. The van der Waals surface area contributed by atoms with Gasteiger partial charge in [-0.05, 0) is 37.6 Å². The number of pyridine rings is 1. The number of hydrogen-bond acceptors (Lipinski definition) is 6. The minimum atomic E-state index is -0.395. The molecule has 0 radical (unpaired) electrons. The molecule has 1 amide bonds. The van der Waals surface area contributed by atoms with Crippen LogP contribution in [0.4, 0.5) is 11.4 Å². The van der Waals surface area contributed by atoms with Crippen LogP contribution in [0.2, 0.25) is 0 Å². The van der Waals surface area contributed by atoms with Crippen LogP contribution in [0.5, 0.6) is 0 Å². The van der Waals surface area contributed by atoms with Crippen LogP contribution < -0.4 is 15.5 Å². The van der Waals surface area contributed by atoms with Crippen LogP contribution in [-0.4, -0.2) is 33.8 Å². The van der Waals surface area contributed by atoms with Crippen molar-refractivity contribution in [3.63, 3.8) is 0 Å². The lowest BCUT2D eigenvalue weighted by Gasteiger charge is -2.34. The molecule has 0 bridgehead atoms. The van der Waals surface area contributed by atoms with Crippen molar-refractivity contribution < 1.29 is 9.53 Å². The van der Waals surface area contributed by atoms with Gasteiger partial charge in [-0.25, -0.2) is 0 Å².